The molecule has 1 heterocycles. The maximum Gasteiger partial charge on any atom is 0.307 e. The number of para-hydroxylation sites is 1. The average Bonchev–Trinajstić information content (AvgIpc) is 2.38. The summed E-state index contributed by atoms with van der Waals surface area (Å²) in [6.07, 6.45) is 3.38. The van der Waals surface area contributed by atoms with E-state index < -0.39 is 5.97 Å². The molecule has 2 rings (SSSR count). The lowest BCUT2D eigenvalue weighted by Gasteiger charge is -2.09. The summed E-state index contributed by atoms with van der Waals surface area (Å²) in [5, 5.41) is 8.81. The van der Waals surface area contributed by atoms with Crippen LogP contribution in [-0.4, -0.2) is 16.1 Å². The summed E-state index contributed by atoms with van der Waals surface area (Å²) >= 11 is 0. The van der Waals surface area contributed by atoms with E-state index in [1.54, 1.807) is 30.6 Å². The van der Waals surface area contributed by atoms with Crippen molar-refractivity contribution in [2.75, 3.05) is 0 Å². The number of aromatic nitrogens is 1. The number of pyridine rings is 1. The van der Waals surface area contributed by atoms with E-state index in [1.165, 1.54) is 0 Å². The number of carbonyl (C=O) groups is 1. The third kappa shape index (κ3) is 3.31. The van der Waals surface area contributed by atoms with Gasteiger partial charge in [-0.1, -0.05) is 24.3 Å². The minimum atomic E-state index is -0.868. The number of nitrogens with zero attached hydrogens (tertiary/aromatic N) is 1. The monoisotopic (exact) mass is 243 g/mol. The minimum absolute atomic E-state index is 0.0385. The number of rotatable bonds is 5. The third-order valence-corrected chi connectivity index (χ3v) is 2.43. The van der Waals surface area contributed by atoms with Gasteiger partial charge in [0.15, 0.2) is 0 Å². The molecule has 4 nitrogen and oxygen atoms in total. The molecule has 1 N–H and O–H groups in total. The average molecular weight is 243 g/mol. The zero-order valence-corrected chi connectivity index (χ0v) is 9.74. The van der Waals surface area contributed by atoms with E-state index in [1.807, 2.05) is 18.2 Å². The van der Waals surface area contributed by atoms with Gasteiger partial charge < -0.3 is 9.84 Å². The number of carboxylic acids is 1. The highest BCUT2D eigenvalue weighted by Crippen LogP contribution is 2.19. The molecule has 92 valence electrons. The number of benzene rings is 1. The molecule has 0 aliphatic heterocycles. The zero-order valence-electron chi connectivity index (χ0n) is 9.74. The van der Waals surface area contributed by atoms with Crippen LogP contribution in [0.1, 0.15) is 11.1 Å². The van der Waals surface area contributed by atoms with E-state index in [0.717, 1.165) is 5.56 Å². The van der Waals surface area contributed by atoms with Gasteiger partial charge in [-0.25, -0.2) is 0 Å². The first-order valence-corrected chi connectivity index (χ1v) is 5.57. The zero-order chi connectivity index (χ0) is 12.8. The second kappa shape index (κ2) is 5.82. The van der Waals surface area contributed by atoms with Gasteiger partial charge >= 0.3 is 5.97 Å². The first-order valence-electron chi connectivity index (χ1n) is 5.57. The topological polar surface area (TPSA) is 59.4 Å². The van der Waals surface area contributed by atoms with Crippen molar-refractivity contribution in [1.29, 1.82) is 0 Å². The molecule has 0 radical (unpaired) electrons. The van der Waals surface area contributed by atoms with Crippen LogP contribution in [-0.2, 0) is 17.8 Å². The smallest absolute Gasteiger partial charge is 0.307 e. The SMILES string of the molecule is O=C(O)Cc1ccccc1OCc1cccnc1. The van der Waals surface area contributed by atoms with Crippen LogP contribution >= 0.6 is 0 Å². The fourth-order valence-electron chi connectivity index (χ4n) is 1.60. The van der Waals surface area contributed by atoms with Crippen LogP contribution in [0.25, 0.3) is 0 Å². The maximum atomic E-state index is 10.7. The van der Waals surface area contributed by atoms with Crippen molar-refractivity contribution in [3.05, 3.63) is 59.9 Å². The number of hydrogen-bond acceptors (Lipinski definition) is 3. The van der Waals surface area contributed by atoms with E-state index in [9.17, 15) is 4.79 Å². The van der Waals surface area contributed by atoms with Crippen LogP contribution in [0.4, 0.5) is 0 Å². The Hall–Kier alpha value is -2.36. The normalized spacial score (nSPS) is 10.0. The molecule has 0 unspecified atom stereocenters. The van der Waals surface area contributed by atoms with E-state index in [4.69, 9.17) is 9.84 Å². The molecule has 18 heavy (non-hydrogen) atoms. The highest BCUT2D eigenvalue weighted by Gasteiger charge is 2.07. The first-order chi connectivity index (χ1) is 8.75. The summed E-state index contributed by atoms with van der Waals surface area (Å²) in [7, 11) is 0. The fraction of sp³-hybridized carbons (Fsp3) is 0.143. The molecule has 1 aromatic carbocycles. The number of carboxylic acid groups (broad SMARTS) is 1. The maximum absolute atomic E-state index is 10.7. The van der Waals surface area contributed by atoms with E-state index >= 15 is 0 Å². The van der Waals surface area contributed by atoms with E-state index in [2.05, 4.69) is 4.98 Å². The Morgan fingerprint density at radius 3 is 2.78 bits per heavy atom. The second-order valence-electron chi connectivity index (χ2n) is 3.83. The molecule has 0 aliphatic carbocycles. The highest BCUT2D eigenvalue weighted by atomic mass is 16.5. The lowest BCUT2D eigenvalue weighted by molar-refractivity contribution is -0.136. The van der Waals surface area contributed by atoms with Crippen molar-refractivity contribution in [3.63, 3.8) is 0 Å². The molecule has 0 saturated carbocycles. The Balaban J connectivity index is 2.07. The van der Waals surface area contributed by atoms with Gasteiger partial charge in [-0.15, -0.1) is 0 Å². The van der Waals surface area contributed by atoms with Crippen LogP contribution in [0.2, 0.25) is 0 Å². The van der Waals surface area contributed by atoms with Gasteiger partial charge in [-0.3, -0.25) is 9.78 Å². The fourth-order valence-corrected chi connectivity index (χ4v) is 1.60. The Morgan fingerprint density at radius 1 is 1.22 bits per heavy atom. The minimum Gasteiger partial charge on any atom is -0.489 e. The first kappa shape index (κ1) is 12.1. The lowest BCUT2D eigenvalue weighted by Crippen LogP contribution is -2.04. The molecule has 0 atom stereocenters. The van der Waals surface area contributed by atoms with Crippen molar-refractivity contribution < 1.29 is 14.6 Å². The molecule has 2 aromatic rings. The van der Waals surface area contributed by atoms with Crippen molar-refractivity contribution >= 4 is 5.97 Å². The molecular weight excluding hydrogens is 230 g/mol. The van der Waals surface area contributed by atoms with Crippen LogP contribution in [0.5, 0.6) is 5.75 Å². The molecular formula is C14H13NO3. The quantitative estimate of drug-likeness (QED) is 0.875. The van der Waals surface area contributed by atoms with Gasteiger partial charge in [0.2, 0.25) is 0 Å². The number of hydrogen-bond donors (Lipinski definition) is 1. The summed E-state index contributed by atoms with van der Waals surface area (Å²) in [4.78, 5) is 14.7. The molecule has 0 amide bonds. The second-order valence-corrected chi connectivity index (χ2v) is 3.83. The molecule has 0 saturated heterocycles. The standard InChI is InChI=1S/C14H13NO3/c16-14(17)8-12-5-1-2-6-13(12)18-10-11-4-3-7-15-9-11/h1-7,9H,8,10H2,(H,16,17). The van der Waals surface area contributed by atoms with E-state index in [-0.39, 0.29) is 6.42 Å². The van der Waals surface area contributed by atoms with Gasteiger partial charge in [0.25, 0.3) is 0 Å². The molecule has 0 fully saturated rings. The molecule has 0 bridgehead atoms. The lowest BCUT2D eigenvalue weighted by atomic mass is 10.1. The Bertz CT molecular complexity index is 526. The van der Waals surface area contributed by atoms with Crippen molar-refractivity contribution in [2.24, 2.45) is 0 Å². The number of ether oxygens (including phenoxy) is 1. The Kier molecular flexibility index (Phi) is 3.91. The molecule has 4 heteroatoms. The van der Waals surface area contributed by atoms with Crippen molar-refractivity contribution in [1.82, 2.24) is 4.98 Å². The predicted molar refractivity (Wildman–Crippen MR) is 66.4 cm³/mol. The Labute approximate surface area is 105 Å². The Morgan fingerprint density at radius 2 is 2.06 bits per heavy atom. The van der Waals surface area contributed by atoms with Gasteiger partial charge in [-0.2, -0.15) is 0 Å². The van der Waals surface area contributed by atoms with Crippen molar-refractivity contribution in [2.45, 2.75) is 13.0 Å². The largest absolute Gasteiger partial charge is 0.489 e. The molecule has 0 spiro atoms. The number of aliphatic carboxylic acids is 1. The summed E-state index contributed by atoms with van der Waals surface area (Å²) in [5.74, 6) is -0.267. The van der Waals surface area contributed by atoms with Gasteiger partial charge in [0.05, 0.1) is 6.42 Å². The summed E-state index contributed by atoms with van der Waals surface area (Å²) in [6, 6.07) is 10.9. The van der Waals surface area contributed by atoms with Gasteiger partial charge in [0, 0.05) is 23.5 Å². The highest BCUT2D eigenvalue weighted by molar-refractivity contribution is 5.71. The van der Waals surface area contributed by atoms with Gasteiger partial charge in [-0.05, 0) is 12.1 Å². The van der Waals surface area contributed by atoms with Crippen LogP contribution in [0.3, 0.4) is 0 Å². The van der Waals surface area contributed by atoms with Crippen molar-refractivity contribution in [3.8, 4) is 5.75 Å². The van der Waals surface area contributed by atoms with E-state index in [0.29, 0.717) is 17.9 Å². The summed E-state index contributed by atoms with van der Waals surface area (Å²) in [6.45, 7) is 0.379. The summed E-state index contributed by atoms with van der Waals surface area (Å²) in [5.41, 5.74) is 1.62. The summed E-state index contributed by atoms with van der Waals surface area (Å²) < 4.78 is 5.62. The van der Waals surface area contributed by atoms with Gasteiger partial charge in [0.1, 0.15) is 12.4 Å². The molecule has 1 aromatic heterocycles. The van der Waals surface area contributed by atoms with Crippen LogP contribution in [0, 0.1) is 0 Å². The van der Waals surface area contributed by atoms with Crippen LogP contribution in [0.15, 0.2) is 48.8 Å². The molecule has 0 aliphatic rings. The third-order valence-electron chi connectivity index (χ3n) is 2.43. The predicted octanol–water partition coefficient (Wildman–Crippen LogP) is 2.29. The van der Waals surface area contributed by atoms with Crippen LogP contribution < -0.4 is 4.74 Å².